The summed E-state index contributed by atoms with van der Waals surface area (Å²) in [6.45, 7) is 7.58. The van der Waals surface area contributed by atoms with Crippen molar-refractivity contribution in [1.82, 2.24) is 5.32 Å². The number of anilines is 1. The van der Waals surface area contributed by atoms with Crippen LogP contribution in [0.5, 0.6) is 0 Å². The Bertz CT molecular complexity index is 262. The first kappa shape index (κ1) is 12.1. The van der Waals surface area contributed by atoms with Crippen LogP contribution in [0.1, 0.15) is 19.4 Å². The first-order chi connectivity index (χ1) is 7.31. The molecule has 0 spiro atoms. The van der Waals surface area contributed by atoms with E-state index in [2.05, 4.69) is 48.3 Å². The summed E-state index contributed by atoms with van der Waals surface area (Å²) in [7, 11) is 1.99. The summed E-state index contributed by atoms with van der Waals surface area (Å²) in [5.74, 6) is 0. The van der Waals surface area contributed by atoms with Crippen LogP contribution >= 0.6 is 0 Å². The Morgan fingerprint density at radius 2 is 1.67 bits per heavy atom. The molecule has 1 aromatic carbocycles. The molecule has 0 bridgehead atoms. The van der Waals surface area contributed by atoms with Crippen LogP contribution in [0.3, 0.4) is 0 Å². The Morgan fingerprint density at radius 3 is 2.13 bits per heavy atom. The molecule has 0 aliphatic heterocycles. The fourth-order valence-electron chi connectivity index (χ4n) is 1.73. The van der Waals surface area contributed by atoms with E-state index in [9.17, 15) is 0 Å². The van der Waals surface area contributed by atoms with Gasteiger partial charge in [0.15, 0.2) is 0 Å². The van der Waals surface area contributed by atoms with E-state index in [0.717, 1.165) is 26.1 Å². The van der Waals surface area contributed by atoms with E-state index in [-0.39, 0.29) is 0 Å². The van der Waals surface area contributed by atoms with Gasteiger partial charge in [-0.3, -0.25) is 0 Å². The SMILES string of the molecule is CCN(CC)c1ccc(CCNC)cc1. The van der Waals surface area contributed by atoms with Crippen molar-refractivity contribution < 1.29 is 0 Å². The van der Waals surface area contributed by atoms with Crippen molar-refractivity contribution in [2.24, 2.45) is 0 Å². The van der Waals surface area contributed by atoms with Gasteiger partial charge in [-0.25, -0.2) is 0 Å². The zero-order valence-corrected chi connectivity index (χ0v) is 10.1. The molecule has 1 rings (SSSR count). The number of hydrogen-bond acceptors (Lipinski definition) is 2. The van der Waals surface area contributed by atoms with Crippen LogP contribution in [-0.2, 0) is 6.42 Å². The molecule has 0 aliphatic rings. The van der Waals surface area contributed by atoms with Crippen molar-refractivity contribution in [2.75, 3.05) is 31.6 Å². The van der Waals surface area contributed by atoms with E-state index < -0.39 is 0 Å². The zero-order chi connectivity index (χ0) is 11.1. The van der Waals surface area contributed by atoms with Gasteiger partial charge in [0.1, 0.15) is 0 Å². The summed E-state index contributed by atoms with van der Waals surface area (Å²) < 4.78 is 0. The molecule has 0 atom stereocenters. The fourth-order valence-corrected chi connectivity index (χ4v) is 1.73. The fraction of sp³-hybridized carbons (Fsp3) is 0.538. The summed E-state index contributed by atoms with van der Waals surface area (Å²) in [4.78, 5) is 2.36. The molecule has 1 aromatic rings. The van der Waals surface area contributed by atoms with Crippen molar-refractivity contribution in [1.29, 1.82) is 0 Å². The number of nitrogens with zero attached hydrogens (tertiary/aromatic N) is 1. The molecular formula is C13H22N2. The second kappa shape index (κ2) is 6.46. The Balaban J connectivity index is 2.62. The molecule has 1 N–H and O–H groups in total. The molecule has 0 saturated carbocycles. The molecular weight excluding hydrogens is 184 g/mol. The number of benzene rings is 1. The van der Waals surface area contributed by atoms with Gasteiger partial charge >= 0.3 is 0 Å². The number of hydrogen-bond donors (Lipinski definition) is 1. The average molecular weight is 206 g/mol. The Hall–Kier alpha value is -1.02. The van der Waals surface area contributed by atoms with Crippen LogP contribution in [0.4, 0.5) is 5.69 Å². The molecule has 0 amide bonds. The standard InChI is InChI=1S/C13H22N2/c1-4-15(5-2)13-8-6-12(7-9-13)10-11-14-3/h6-9,14H,4-5,10-11H2,1-3H3. The third-order valence-electron chi connectivity index (χ3n) is 2.73. The molecule has 0 saturated heterocycles. The summed E-state index contributed by atoms with van der Waals surface area (Å²) in [5.41, 5.74) is 2.73. The lowest BCUT2D eigenvalue weighted by Gasteiger charge is -2.21. The van der Waals surface area contributed by atoms with Gasteiger partial charge in [-0.2, -0.15) is 0 Å². The molecule has 0 aliphatic carbocycles. The molecule has 0 radical (unpaired) electrons. The third kappa shape index (κ3) is 3.56. The maximum atomic E-state index is 3.17. The maximum Gasteiger partial charge on any atom is 0.0366 e. The highest BCUT2D eigenvalue weighted by atomic mass is 15.1. The second-order valence-electron chi connectivity index (χ2n) is 3.69. The minimum Gasteiger partial charge on any atom is -0.372 e. The highest BCUT2D eigenvalue weighted by Gasteiger charge is 2.00. The molecule has 0 aromatic heterocycles. The van der Waals surface area contributed by atoms with Crippen LogP contribution < -0.4 is 10.2 Å². The minimum atomic E-state index is 1.05. The van der Waals surface area contributed by atoms with E-state index in [1.54, 1.807) is 0 Å². The van der Waals surface area contributed by atoms with Crippen molar-refractivity contribution in [3.63, 3.8) is 0 Å². The molecule has 0 heterocycles. The molecule has 0 fully saturated rings. The van der Waals surface area contributed by atoms with Crippen molar-refractivity contribution in [2.45, 2.75) is 20.3 Å². The molecule has 84 valence electrons. The number of nitrogens with one attached hydrogen (secondary N) is 1. The number of rotatable bonds is 6. The van der Waals surface area contributed by atoms with E-state index >= 15 is 0 Å². The van der Waals surface area contributed by atoms with Gasteiger partial charge in [-0.05, 0) is 51.6 Å². The molecule has 0 unspecified atom stereocenters. The van der Waals surface area contributed by atoms with Crippen LogP contribution in [0.25, 0.3) is 0 Å². The minimum absolute atomic E-state index is 1.05. The van der Waals surface area contributed by atoms with Crippen LogP contribution in [0, 0.1) is 0 Å². The Morgan fingerprint density at radius 1 is 1.07 bits per heavy atom. The van der Waals surface area contributed by atoms with E-state index in [1.165, 1.54) is 11.3 Å². The van der Waals surface area contributed by atoms with Gasteiger partial charge in [0.05, 0.1) is 0 Å². The summed E-state index contributed by atoms with van der Waals surface area (Å²) in [6.07, 6.45) is 1.11. The average Bonchev–Trinajstić information content (AvgIpc) is 2.29. The summed E-state index contributed by atoms with van der Waals surface area (Å²) in [6, 6.07) is 8.89. The van der Waals surface area contributed by atoms with Crippen molar-refractivity contribution in [3.8, 4) is 0 Å². The lowest BCUT2D eigenvalue weighted by Crippen LogP contribution is -2.21. The van der Waals surface area contributed by atoms with Gasteiger partial charge in [-0.15, -0.1) is 0 Å². The highest BCUT2D eigenvalue weighted by Crippen LogP contribution is 2.14. The second-order valence-corrected chi connectivity index (χ2v) is 3.69. The van der Waals surface area contributed by atoms with E-state index in [0.29, 0.717) is 0 Å². The number of likely N-dealkylation sites (N-methyl/N-ethyl adjacent to an activating group) is 1. The van der Waals surface area contributed by atoms with Crippen molar-refractivity contribution in [3.05, 3.63) is 29.8 Å². The summed E-state index contributed by atoms with van der Waals surface area (Å²) in [5, 5.41) is 3.17. The highest BCUT2D eigenvalue weighted by molar-refractivity contribution is 5.47. The predicted octanol–water partition coefficient (Wildman–Crippen LogP) is 2.29. The van der Waals surface area contributed by atoms with Gasteiger partial charge in [-0.1, -0.05) is 12.1 Å². The molecule has 2 heteroatoms. The Labute approximate surface area is 93.3 Å². The largest absolute Gasteiger partial charge is 0.372 e. The normalized spacial score (nSPS) is 10.3. The maximum absolute atomic E-state index is 3.17. The van der Waals surface area contributed by atoms with Gasteiger partial charge in [0, 0.05) is 18.8 Å². The quantitative estimate of drug-likeness (QED) is 0.768. The van der Waals surface area contributed by atoms with E-state index in [1.807, 2.05) is 7.05 Å². The molecule has 15 heavy (non-hydrogen) atoms. The predicted molar refractivity (Wildman–Crippen MR) is 67.6 cm³/mol. The van der Waals surface area contributed by atoms with Gasteiger partial charge in [0.25, 0.3) is 0 Å². The zero-order valence-electron chi connectivity index (χ0n) is 10.1. The monoisotopic (exact) mass is 206 g/mol. The van der Waals surface area contributed by atoms with Crippen molar-refractivity contribution >= 4 is 5.69 Å². The van der Waals surface area contributed by atoms with Gasteiger partial charge in [0.2, 0.25) is 0 Å². The smallest absolute Gasteiger partial charge is 0.0366 e. The first-order valence-electron chi connectivity index (χ1n) is 5.80. The van der Waals surface area contributed by atoms with Crippen LogP contribution in [-0.4, -0.2) is 26.7 Å². The van der Waals surface area contributed by atoms with Gasteiger partial charge < -0.3 is 10.2 Å². The lowest BCUT2D eigenvalue weighted by atomic mass is 10.1. The van der Waals surface area contributed by atoms with Crippen LogP contribution in [0.2, 0.25) is 0 Å². The Kier molecular flexibility index (Phi) is 5.19. The topological polar surface area (TPSA) is 15.3 Å². The lowest BCUT2D eigenvalue weighted by molar-refractivity contribution is 0.791. The molecule has 2 nitrogen and oxygen atoms in total. The van der Waals surface area contributed by atoms with Crippen LogP contribution in [0.15, 0.2) is 24.3 Å². The van der Waals surface area contributed by atoms with E-state index in [4.69, 9.17) is 0 Å². The third-order valence-corrected chi connectivity index (χ3v) is 2.73. The first-order valence-corrected chi connectivity index (χ1v) is 5.80. The summed E-state index contributed by atoms with van der Waals surface area (Å²) >= 11 is 0.